The van der Waals surface area contributed by atoms with Gasteiger partial charge in [-0.05, 0) is 70.6 Å². The van der Waals surface area contributed by atoms with Gasteiger partial charge in [0.05, 0.1) is 0 Å². The minimum Gasteiger partial charge on any atom is -0.376 e. The Balaban J connectivity index is 1.59. The minimum absolute atomic E-state index is 0.112. The molecule has 36 heavy (non-hydrogen) atoms. The summed E-state index contributed by atoms with van der Waals surface area (Å²) in [6.07, 6.45) is 0. The molecule has 0 bridgehead atoms. The van der Waals surface area contributed by atoms with Gasteiger partial charge in [0, 0.05) is 27.2 Å². The van der Waals surface area contributed by atoms with Crippen molar-refractivity contribution in [2.75, 3.05) is 0 Å². The van der Waals surface area contributed by atoms with Gasteiger partial charge in [0.25, 0.3) is 0 Å². The van der Waals surface area contributed by atoms with E-state index >= 15 is 0 Å². The zero-order valence-corrected chi connectivity index (χ0v) is 20.8. The highest BCUT2D eigenvalue weighted by atomic mass is 14.9. The van der Waals surface area contributed by atoms with Crippen LogP contribution in [0.25, 0.3) is 32.9 Å². The van der Waals surface area contributed by atoms with Crippen molar-refractivity contribution in [2.24, 2.45) is 0 Å². The van der Waals surface area contributed by atoms with Crippen LogP contribution < -0.4 is 10.9 Å². The average molecular weight is 459 g/mol. The SMILES string of the molecule is Cc1cccc2c3cccc(C)c3n(B3c4ccccc4C4(C)c5ccccc5-c5cccc3c54)c12. The molecular formula is C34H26BN. The fraction of sp³-hybridized carbons (Fsp3) is 0.118. The summed E-state index contributed by atoms with van der Waals surface area (Å²) in [5.74, 6) is 0. The van der Waals surface area contributed by atoms with Crippen molar-refractivity contribution in [3.05, 3.63) is 131 Å². The van der Waals surface area contributed by atoms with Crippen LogP contribution in [-0.4, -0.2) is 11.3 Å². The first kappa shape index (κ1) is 20.2. The van der Waals surface area contributed by atoms with Gasteiger partial charge in [-0.15, -0.1) is 0 Å². The zero-order chi connectivity index (χ0) is 24.2. The van der Waals surface area contributed by atoms with Crippen molar-refractivity contribution in [2.45, 2.75) is 26.2 Å². The van der Waals surface area contributed by atoms with Crippen LogP contribution in [0.1, 0.15) is 34.7 Å². The number of hydrogen-bond donors (Lipinski definition) is 0. The van der Waals surface area contributed by atoms with Crippen LogP contribution in [0.2, 0.25) is 0 Å². The molecule has 1 aliphatic carbocycles. The largest absolute Gasteiger partial charge is 0.376 e. The summed E-state index contributed by atoms with van der Waals surface area (Å²) in [7, 11) is 0. The number of rotatable bonds is 1. The number of nitrogens with zero attached hydrogens (tertiary/aromatic N) is 1. The van der Waals surface area contributed by atoms with Crippen LogP contribution in [-0.2, 0) is 5.41 Å². The third-order valence-electron chi connectivity index (χ3n) is 8.95. The fourth-order valence-corrected chi connectivity index (χ4v) is 7.55. The molecule has 8 rings (SSSR count). The van der Waals surface area contributed by atoms with Gasteiger partial charge in [-0.1, -0.05) is 103 Å². The van der Waals surface area contributed by atoms with Gasteiger partial charge in [0.1, 0.15) is 0 Å². The summed E-state index contributed by atoms with van der Waals surface area (Å²) in [6.45, 7) is 7.08. The maximum absolute atomic E-state index is 2.66. The molecule has 1 atom stereocenters. The van der Waals surface area contributed by atoms with E-state index in [4.69, 9.17) is 0 Å². The summed E-state index contributed by atoms with van der Waals surface area (Å²) in [6, 6.07) is 38.7. The van der Waals surface area contributed by atoms with Crippen LogP contribution in [0.5, 0.6) is 0 Å². The van der Waals surface area contributed by atoms with Crippen LogP contribution in [0.3, 0.4) is 0 Å². The Hall–Kier alpha value is -4.04. The fourth-order valence-electron chi connectivity index (χ4n) is 7.55. The van der Waals surface area contributed by atoms with Gasteiger partial charge in [0.15, 0.2) is 0 Å². The summed E-state index contributed by atoms with van der Waals surface area (Å²) in [5, 5.41) is 2.69. The van der Waals surface area contributed by atoms with E-state index in [2.05, 4.69) is 128 Å². The van der Waals surface area contributed by atoms with Gasteiger partial charge < -0.3 is 4.48 Å². The third-order valence-corrected chi connectivity index (χ3v) is 8.95. The van der Waals surface area contributed by atoms with Crippen LogP contribution in [0, 0.1) is 13.8 Å². The molecule has 6 aromatic rings. The van der Waals surface area contributed by atoms with Gasteiger partial charge in [-0.3, -0.25) is 0 Å². The molecule has 0 N–H and O–H groups in total. The lowest BCUT2D eigenvalue weighted by Gasteiger charge is -2.39. The molecule has 0 fully saturated rings. The monoisotopic (exact) mass is 459 g/mol. The number of benzene rings is 5. The predicted molar refractivity (Wildman–Crippen MR) is 153 cm³/mol. The molecular weight excluding hydrogens is 433 g/mol. The van der Waals surface area contributed by atoms with Crippen molar-refractivity contribution in [3.63, 3.8) is 0 Å². The van der Waals surface area contributed by atoms with Crippen LogP contribution in [0.4, 0.5) is 0 Å². The number of hydrogen-bond acceptors (Lipinski definition) is 0. The summed E-state index contributed by atoms with van der Waals surface area (Å²) < 4.78 is 2.66. The first-order valence-corrected chi connectivity index (χ1v) is 12.9. The van der Waals surface area contributed by atoms with E-state index in [1.54, 1.807) is 0 Å². The Morgan fingerprint density at radius 3 is 1.83 bits per heavy atom. The molecule has 1 nitrogen and oxygen atoms in total. The zero-order valence-electron chi connectivity index (χ0n) is 20.8. The highest BCUT2D eigenvalue weighted by Crippen LogP contribution is 2.52. The van der Waals surface area contributed by atoms with E-state index in [-0.39, 0.29) is 12.3 Å². The maximum atomic E-state index is 2.66. The smallest absolute Gasteiger partial charge is 0.328 e. The van der Waals surface area contributed by atoms with Crippen molar-refractivity contribution in [1.82, 2.24) is 4.48 Å². The third kappa shape index (κ3) is 2.24. The molecule has 1 aromatic heterocycles. The van der Waals surface area contributed by atoms with E-state index in [1.807, 2.05) is 0 Å². The van der Waals surface area contributed by atoms with E-state index in [9.17, 15) is 0 Å². The van der Waals surface area contributed by atoms with Crippen LogP contribution in [0.15, 0.2) is 103 Å². The van der Waals surface area contributed by atoms with E-state index in [1.165, 1.54) is 71.7 Å². The minimum atomic E-state index is -0.154. The van der Waals surface area contributed by atoms with E-state index in [0.29, 0.717) is 0 Å². The molecule has 170 valence electrons. The van der Waals surface area contributed by atoms with E-state index in [0.717, 1.165) is 0 Å². The Labute approximate surface area is 212 Å². The van der Waals surface area contributed by atoms with Crippen molar-refractivity contribution < 1.29 is 0 Å². The van der Waals surface area contributed by atoms with Crippen molar-refractivity contribution in [3.8, 4) is 11.1 Å². The first-order valence-electron chi connectivity index (χ1n) is 12.9. The van der Waals surface area contributed by atoms with Crippen molar-refractivity contribution in [1.29, 1.82) is 0 Å². The Bertz CT molecular complexity index is 1830. The standard InChI is InChI=1S/C34H26BN/c1-21-11-8-15-25-26-16-9-12-22(2)33(26)36(32(21)25)35-29-19-7-6-18-28(29)34(3)27-17-5-4-13-23(27)24-14-10-20-30(35)31(24)34/h4-20H,1-3H3. The molecule has 0 saturated heterocycles. The molecule has 2 heterocycles. The second kappa shape index (κ2) is 6.80. The Morgan fingerprint density at radius 1 is 0.556 bits per heavy atom. The molecule has 1 aliphatic heterocycles. The topological polar surface area (TPSA) is 4.93 Å². The lowest BCUT2D eigenvalue weighted by molar-refractivity contribution is 0.718. The quantitative estimate of drug-likeness (QED) is 0.241. The highest BCUT2D eigenvalue weighted by Gasteiger charge is 2.50. The number of aromatic nitrogens is 1. The summed E-state index contributed by atoms with van der Waals surface area (Å²) >= 11 is 0. The molecule has 0 amide bonds. The average Bonchev–Trinajstić information content (AvgIpc) is 3.38. The molecule has 5 aromatic carbocycles. The highest BCUT2D eigenvalue weighted by molar-refractivity contribution is 6.86. The number of para-hydroxylation sites is 2. The lowest BCUT2D eigenvalue weighted by atomic mass is 9.41. The molecule has 2 heteroatoms. The van der Waals surface area contributed by atoms with E-state index < -0.39 is 0 Å². The Morgan fingerprint density at radius 2 is 1.11 bits per heavy atom. The summed E-state index contributed by atoms with van der Waals surface area (Å²) in [5.41, 5.74) is 15.1. The lowest BCUT2D eigenvalue weighted by Crippen LogP contribution is -2.58. The van der Waals surface area contributed by atoms with Gasteiger partial charge in [-0.25, -0.2) is 0 Å². The maximum Gasteiger partial charge on any atom is 0.328 e. The number of fused-ring (bicyclic) bond motifs is 8. The first-order chi connectivity index (χ1) is 17.6. The predicted octanol–water partition coefficient (Wildman–Crippen LogP) is 6.71. The second-order valence-electron chi connectivity index (χ2n) is 10.7. The molecule has 0 saturated carbocycles. The second-order valence-corrected chi connectivity index (χ2v) is 10.7. The van der Waals surface area contributed by atoms with Gasteiger partial charge >= 0.3 is 6.85 Å². The molecule has 0 spiro atoms. The summed E-state index contributed by atoms with van der Waals surface area (Å²) in [4.78, 5) is 0. The van der Waals surface area contributed by atoms with Crippen LogP contribution >= 0.6 is 0 Å². The Kier molecular flexibility index (Phi) is 3.81. The van der Waals surface area contributed by atoms with Gasteiger partial charge in [0.2, 0.25) is 0 Å². The van der Waals surface area contributed by atoms with Crippen molar-refractivity contribution >= 4 is 39.6 Å². The number of aryl methyl sites for hydroxylation is 2. The van der Waals surface area contributed by atoms with Gasteiger partial charge in [-0.2, -0.15) is 0 Å². The molecule has 0 radical (unpaired) electrons. The molecule has 2 aliphatic rings. The normalized spacial score (nSPS) is 17.4. The molecule has 1 unspecified atom stereocenters.